The number of para-hydroxylation sites is 2. The van der Waals surface area contributed by atoms with Crippen LogP contribution in [0.25, 0.3) is 0 Å². The zero-order valence-electron chi connectivity index (χ0n) is 20.5. The van der Waals surface area contributed by atoms with Gasteiger partial charge < -0.3 is 9.80 Å². The molecule has 0 atom stereocenters. The Morgan fingerprint density at radius 2 is 0.882 bits per heavy atom. The van der Waals surface area contributed by atoms with Gasteiger partial charge in [0.25, 0.3) is 0 Å². The highest BCUT2D eigenvalue weighted by atomic mass is 79.9. The van der Waals surface area contributed by atoms with Crippen molar-refractivity contribution in [1.29, 1.82) is 0 Å². The average Bonchev–Trinajstić information content (AvgIpc) is 3.10. The van der Waals surface area contributed by atoms with Crippen LogP contribution in [0.15, 0.2) is 97.3 Å². The van der Waals surface area contributed by atoms with E-state index in [4.69, 9.17) is 0 Å². The molecular formula is C30H34Br2N2. The summed E-state index contributed by atoms with van der Waals surface area (Å²) in [5.41, 5.74) is 10.1. The summed E-state index contributed by atoms with van der Waals surface area (Å²) in [6.45, 7) is 19.6. The second-order valence-corrected chi connectivity index (χ2v) is 10.2. The summed E-state index contributed by atoms with van der Waals surface area (Å²) >= 11 is 0. The molecule has 2 aliphatic rings. The first-order chi connectivity index (χ1) is 15.2. The molecule has 0 N–H and O–H groups in total. The van der Waals surface area contributed by atoms with E-state index in [2.05, 4.69) is 123 Å². The first kappa shape index (κ1) is 26.3. The van der Waals surface area contributed by atoms with E-state index in [-0.39, 0.29) is 44.8 Å². The van der Waals surface area contributed by atoms with Gasteiger partial charge >= 0.3 is 0 Å². The molecule has 2 heterocycles. The molecule has 0 fully saturated rings. The molecule has 0 spiro atoms. The van der Waals surface area contributed by atoms with E-state index in [0.717, 1.165) is 24.5 Å². The zero-order valence-corrected chi connectivity index (χ0v) is 23.9. The normalized spacial score (nSPS) is 17.1. The number of hydrogen-bond donors (Lipinski definition) is 0. The molecule has 2 aliphatic heterocycles. The van der Waals surface area contributed by atoms with E-state index in [1.807, 2.05) is 0 Å². The van der Waals surface area contributed by atoms with Gasteiger partial charge in [0.05, 0.1) is 0 Å². The van der Waals surface area contributed by atoms with Gasteiger partial charge in [0.1, 0.15) is 0 Å². The van der Waals surface area contributed by atoms with Crippen LogP contribution in [0, 0.1) is 0 Å². The summed E-state index contributed by atoms with van der Waals surface area (Å²) in [6, 6.07) is 26.4. The second-order valence-electron chi connectivity index (χ2n) is 10.2. The van der Waals surface area contributed by atoms with Crippen molar-refractivity contribution in [3.05, 3.63) is 120 Å². The summed E-state index contributed by atoms with van der Waals surface area (Å²) in [7, 11) is 0. The number of benzene rings is 3. The number of allylic oxidation sites excluding steroid dienone is 2. The third kappa shape index (κ3) is 4.05. The largest absolute Gasteiger partial charge is 0.340 e. The molecule has 0 amide bonds. The maximum absolute atomic E-state index is 4.44. The molecule has 5 rings (SSSR count). The summed E-state index contributed by atoms with van der Waals surface area (Å²) < 4.78 is 0. The van der Waals surface area contributed by atoms with Gasteiger partial charge in [-0.1, -0.05) is 102 Å². The van der Waals surface area contributed by atoms with Crippen LogP contribution in [0.3, 0.4) is 0 Å². The Morgan fingerprint density at radius 3 is 1.24 bits per heavy atom. The topological polar surface area (TPSA) is 6.48 Å². The highest BCUT2D eigenvalue weighted by Gasteiger charge is 2.39. The molecule has 3 aromatic rings. The summed E-state index contributed by atoms with van der Waals surface area (Å²) in [5.74, 6) is 0. The zero-order chi connectivity index (χ0) is 22.7. The van der Waals surface area contributed by atoms with Crippen LogP contribution in [0.4, 0.5) is 11.4 Å². The molecule has 0 unspecified atom stereocenters. The molecule has 0 saturated carbocycles. The van der Waals surface area contributed by atoms with E-state index in [9.17, 15) is 0 Å². The second kappa shape index (κ2) is 9.39. The predicted octanol–water partition coefficient (Wildman–Crippen LogP) is 8.47. The van der Waals surface area contributed by atoms with Gasteiger partial charge in [-0.3, -0.25) is 0 Å². The maximum atomic E-state index is 4.44. The van der Waals surface area contributed by atoms with Crippen LogP contribution >= 0.6 is 34.0 Å². The van der Waals surface area contributed by atoms with Crippen LogP contribution in [0.5, 0.6) is 0 Å². The molecule has 0 saturated heterocycles. The number of nitrogens with zero attached hydrogens (tertiary/aromatic N) is 2. The lowest BCUT2D eigenvalue weighted by Crippen LogP contribution is -2.25. The van der Waals surface area contributed by atoms with Gasteiger partial charge in [-0.05, 0) is 34.4 Å². The number of rotatable bonds is 4. The molecule has 0 aliphatic carbocycles. The molecule has 4 heteroatoms. The molecule has 34 heavy (non-hydrogen) atoms. The fraction of sp³-hybridized carbons (Fsp3) is 0.267. The predicted molar refractivity (Wildman–Crippen MR) is 157 cm³/mol. The third-order valence-corrected chi connectivity index (χ3v) is 7.54. The van der Waals surface area contributed by atoms with Gasteiger partial charge in [0.15, 0.2) is 0 Å². The van der Waals surface area contributed by atoms with Crippen molar-refractivity contribution >= 4 is 45.3 Å². The molecular weight excluding hydrogens is 548 g/mol. The van der Waals surface area contributed by atoms with Gasteiger partial charge in [0, 0.05) is 46.7 Å². The lowest BCUT2D eigenvalue weighted by molar-refractivity contribution is 0.632. The lowest BCUT2D eigenvalue weighted by atomic mass is 9.84. The first-order valence-corrected chi connectivity index (χ1v) is 11.4. The monoisotopic (exact) mass is 580 g/mol. The Hall–Kier alpha value is -2.30. The highest BCUT2D eigenvalue weighted by molar-refractivity contribution is 8.93. The molecule has 0 bridgehead atoms. The van der Waals surface area contributed by atoms with Crippen LogP contribution < -0.4 is 9.80 Å². The Bertz CT molecular complexity index is 1130. The first-order valence-electron chi connectivity index (χ1n) is 11.4. The van der Waals surface area contributed by atoms with Crippen molar-refractivity contribution in [2.45, 2.75) is 51.6 Å². The van der Waals surface area contributed by atoms with Crippen LogP contribution in [-0.4, -0.2) is 0 Å². The number of fused-ring (bicyclic) bond motifs is 2. The fourth-order valence-corrected chi connectivity index (χ4v) is 5.23. The van der Waals surface area contributed by atoms with Crippen molar-refractivity contribution in [2.75, 3.05) is 9.80 Å². The van der Waals surface area contributed by atoms with Crippen LogP contribution in [0.2, 0.25) is 0 Å². The fourth-order valence-electron chi connectivity index (χ4n) is 5.23. The van der Waals surface area contributed by atoms with Crippen molar-refractivity contribution in [1.82, 2.24) is 0 Å². The number of hydrogen-bond acceptors (Lipinski definition) is 2. The van der Waals surface area contributed by atoms with E-state index in [1.54, 1.807) is 0 Å². The molecule has 3 aromatic carbocycles. The van der Waals surface area contributed by atoms with Crippen molar-refractivity contribution < 1.29 is 0 Å². The van der Waals surface area contributed by atoms with Gasteiger partial charge in [-0.2, -0.15) is 0 Å². The Morgan fingerprint density at radius 1 is 0.559 bits per heavy atom. The summed E-state index contributed by atoms with van der Waals surface area (Å²) in [6.07, 6.45) is 0. The number of halogens is 2. The average molecular weight is 582 g/mol. The van der Waals surface area contributed by atoms with Crippen molar-refractivity contribution in [3.8, 4) is 0 Å². The molecule has 0 radical (unpaired) electrons. The lowest BCUT2D eigenvalue weighted by Gasteiger charge is -2.27. The van der Waals surface area contributed by atoms with Crippen molar-refractivity contribution in [2.24, 2.45) is 0 Å². The minimum atomic E-state index is -0.0349. The highest BCUT2D eigenvalue weighted by Crippen LogP contribution is 2.48. The van der Waals surface area contributed by atoms with Crippen LogP contribution in [-0.2, 0) is 23.9 Å². The molecule has 0 aromatic heterocycles. The number of anilines is 2. The van der Waals surface area contributed by atoms with E-state index < -0.39 is 0 Å². The van der Waals surface area contributed by atoms with Gasteiger partial charge in [0.2, 0.25) is 0 Å². The van der Waals surface area contributed by atoms with Crippen molar-refractivity contribution in [3.63, 3.8) is 0 Å². The van der Waals surface area contributed by atoms with E-state index >= 15 is 0 Å². The standard InChI is InChI=1S/C30H32N2.2BrH/c1-21-29(3,4)25-11-7-9-13-27(25)31(21)19-23-15-17-24(18-16-23)20-32-22(2)30(5,6)26-12-8-10-14-28(26)32;;/h7-18H,1-2,19-20H2,3-6H3;2*1H. The quantitative estimate of drug-likeness (QED) is 0.305. The SMILES string of the molecule is Br.Br.C=C1N(Cc2ccc(CN3C(=C)C(C)(C)c4ccccc43)cc2)c2ccccc2C1(C)C. The third-order valence-electron chi connectivity index (χ3n) is 7.54. The maximum Gasteiger partial charge on any atom is 0.0478 e. The Kier molecular flexibility index (Phi) is 7.27. The molecule has 2 nitrogen and oxygen atoms in total. The Balaban J connectivity index is 0.00000162. The summed E-state index contributed by atoms with van der Waals surface area (Å²) in [4.78, 5) is 4.73. The molecule has 178 valence electrons. The van der Waals surface area contributed by atoms with Gasteiger partial charge in [-0.15, -0.1) is 34.0 Å². The van der Waals surface area contributed by atoms with E-state index in [1.165, 1.54) is 33.6 Å². The summed E-state index contributed by atoms with van der Waals surface area (Å²) in [5, 5.41) is 0. The minimum Gasteiger partial charge on any atom is -0.340 e. The smallest absolute Gasteiger partial charge is 0.0478 e. The Labute approximate surface area is 225 Å². The van der Waals surface area contributed by atoms with Crippen LogP contribution in [0.1, 0.15) is 49.9 Å². The minimum absolute atomic E-state index is 0. The van der Waals surface area contributed by atoms with E-state index in [0.29, 0.717) is 0 Å². The van der Waals surface area contributed by atoms with Gasteiger partial charge in [-0.25, -0.2) is 0 Å².